The van der Waals surface area contributed by atoms with Gasteiger partial charge in [0.15, 0.2) is 0 Å². The van der Waals surface area contributed by atoms with Gasteiger partial charge in [0.1, 0.15) is 0 Å². The molecule has 0 aliphatic heterocycles. The van der Waals surface area contributed by atoms with E-state index < -0.39 is 0 Å². The van der Waals surface area contributed by atoms with E-state index in [1.54, 1.807) is 0 Å². The van der Waals surface area contributed by atoms with Crippen molar-refractivity contribution in [3.63, 3.8) is 0 Å². The van der Waals surface area contributed by atoms with Crippen molar-refractivity contribution in [2.45, 2.75) is 52.1 Å². The molecular formula is C18H30N2. The lowest BCUT2D eigenvalue weighted by molar-refractivity contribution is 0.199. The summed E-state index contributed by atoms with van der Waals surface area (Å²) in [5.41, 5.74) is 2.75. The molecular weight excluding hydrogens is 244 g/mol. The maximum absolute atomic E-state index is 3.74. The van der Waals surface area contributed by atoms with Crippen LogP contribution in [0.4, 0.5) is 0 Å². The fourth-order valence-corrected chi connectivity index (χ4v) is 2.77. The summed E-state index contributed by atoms with van der Waals surface area (Å²) in [6, 6.07) is 9.98. The molecule has 1 fully saturated rings. The number of likely N-dealkylation sites (N-methyl/N-ethyl adjacent to an activating group) is 1. The predicted molar refractivity (Wildman–Crippen MR) is 87.0 cm³/mol. The van der Waals surface area contributed by atoms with Gasteiger partial charge < -0.3 is 10.2 Å². The van der Waals surface area contributed by atoms with Crippen molar-refractivity contribution in [2.75, 3.05) is 20.1 Å². The van der Waals surface area contributed by atoms with Gasteiger partial charge in [-0.2, -0.15) is 0 Å². The summed E-state index contributed by atoms with van der Waals surface area (Å²) in [7, 11) is 2.28. The van der Waals surface area contributed by atoms with Gasteiger partial charge in [0.2, 0.25) is 0 Å². The minimum Gasteiger partial charge on any atom is -0.309 e. The van der Waals surface area contributed by atoms with Crippen molar-refractivity contribution >= 4 is 0 Å². The van der Waals surface area contributed by atoms with Gasteiger partial charge in [-0.15, -0.1) is 0 Å². The Bertz CT molecular complexity index is 394. The first kappa shape index (κ1) is 15.5. The van der Waals surface area contributed by atoms with Gasteiger partial charge in [0, 0.05) is 18.6 Å². The van der Waals surface area contributed by atoms with Crippen LogP contribution in [0.5, 0.6) is 0 Å². The highest BCUT2D eigenvalue weighted by molar-refractivity contribution is 5.25. The van der Waals surface area contributed by atoms with E-state index in [-0.39, 0.29) is 0 Å². The molecule has 112 valence electrons. The topological polar surface area (TPSA) is 15.3 Å². The Labute approximate surface area is 124 Å². The summed E-state index contributed by atoms with van der Waals surface area (Å²) >= 11 is 0. The largest absolute Gasteiger partial charge is 0.309 e. The van der Waals surface area contributed by atoms with E-state index in [1.807, 2.05) is 0 Å². The van der Waals surface area contributed by atoms with Crippen LogP contribution in [0.25, 0.3) is 0 Å². The van der Waals surface area contributed by atoms with Crippen LogP contribution < -0.4 is 5.32 Å². The fourth-order valence-electron chi connectivity index (χ4n) is 2.77. The molecule has 0 saturated heterocycles. The summed E-state index contributed by atoms with van der Waals surface area (Å²) in [5, 5.41) is 3.74. The summed E-state index contributed by atoms with van der Waals surface area (Å²) < 4.78 is 0. The molecule has 1 aliphatic carbocycles. The predicted octanol–water partition coefficient (Wildman–Crippen LogP) is 3.77. The van der Waals surface area contributed by atoms with Crippen molar-refractivity contribution in [3.05, 3.63) is 35.4 Å². The highest BCUT2D eigenvalue weighted by Crippen LogP contribution is 2.31. The molecule has 1 aromatic carbocycles. The third kappa shape index (κ3) is 4.32. The van der Waals surface area contributed by atoms with Gasteiger partial charge in [-0.25, -0.2) is 0 Å². The molecule has 0 spiro atoms. The summed E-state index contributed by atoms with van der Waals surface area (Å²) in [6.45, 7) is 9.08. The Kier molecular flexibility index (Phi) is 5.62. The molecule has 2 unspecified atom stereocenters. The smallest absolute Gasteiger partial charge is 0.0475 e. The maximum atomic E-state index is 3.74. The second-order valence-electron chi connectivity index (χ2n) is 6.47. The van der Waals surface area contributed by atoms with Gasteiger partial charge in [0.25, 0.3) is 0 Å². The lowest BCUT2D eigenvalue weighted by atomic mass is 9.98. The van der Waals surface area contributed by atoms with Crippen LogP contribution in [-0.2, 0) is 0 Å². The van der Waals surface area contributed by atoms with Crippen LogP contribution in [-0.4, -0.2) is 31.1 Å². The van der Waals surface area contributed by atoms with Gasteiger partial charge in [-0.05, 0) is 58.2 Å². The zero-order chi connectivity index (χ0) is 14.5. The quantitative estimate of drug-likeness (QED) is 0.776. The Hall–Kier alpha value is -0.860. The number of benzene rings is 1. The second kappa shape index (κ2) is 7.24. The molecule has 2 nitrogen and oxygen atoms in total. The second-order valence-corrected chi connectivity index (χ2v) is 6.47. The molecule has 1 N–H and O–H groups in total. The average Bonchev–Trinajstić information content (AvgIpc) is 3.24. The Morgan fingerprint density at radius 1 is 1.25 bits per heavy atom. The highest BCUT2D eigenvalue weighted by Gasteiger charge is 2.28. The van der Waals surface area contributed by atoms with Gasteiger partial charge in [0.05, 0.1) is 0 Å². The summed E-state index contributed by atoms with van der Waals surface area (Å²) in [4.78, 5) is 2.53. The van der Waals surface area contributed by atoms with Gasteiger partial charge in [-0.3, -0.25) is 0 Å². The van der Waals surface area contributed by atoms with E-state index in [2.05, 4.69) is 62.3 Å². The van der Waals surface area contributed by atoms with E-state index in [9.17, 15) is 0 Å². The van der Waals surface area contributed by atoms with Crippen LogP contribution in [0.3, 0.4) is 0 Å². The minimum atomic E-state index is 0.430. The van der Waals surface area contributed by atoms with Gasteiger partial charge in [-0.1, -0.05) is 36.8 Å². The van der Waals surface area contributed by atoms with Crippen LogP contribution in [0, 0.1) is 12.8 Å². The lowest BCUT2D eigenvalue weighted by Gasteiger charge is -2.33. The normalized spacial score (nSPS) is 18.2. The van der Waals surface area contributed by atoms with Crippen LogP contribution >= 0.6 is 0 Å². The van der Waals surface area contributed by atoms with E-state index in [0.717, 1.165) is 12.5 Å². The average molecular weight is 274 g/mol. The number of hydrogen-bond donors (Lipinski definition) is 1. The van der Waals surface area contributed by atoms with Crippen molar-refractivity contribution in [2.24, 2.45) is 5.92 Å². The van der Waals surface area contributed by atoms with Crippen LogP contribution in [0.1, 0.15) is 50.3 Å². The molecule has 20 heavy (non-hydrogen) atoms. The first-order valence-corrected chi connectivity index (χ1v) is 8.12. The molecule has 1 aromatic rings. The first-order chi connectivity index (χ1) is 9.61. The van der Waals surface area contributed by atoms with Crippen molar-refractivity contribution in [1.29, 1.82) is 0 Å². The maximum Gasteiger partial charge on any atom is 0.0475 e. The summed E-state index contributed by atoms with van der Waals surface area (Å²) in [6.07, 6.45) is 4.03. The number of nitrogens with one attached hydrogen (secondary N) is 1. The zero-order valence-electron chi connectivity index (χ0n) is 13.5. The molecule has 1 aliphatic rings. The SMILES string of the molecule is CCCNC(c1ccc(C)cc1)C(C)N(C)CC1CC1. The van der Waals surface area contributed by atoms with Crippen LogP contribution in [0.2, 0.25) is 0 Å². The minimum absolute atomic E-state index is 0.430. The number of rotatable bonds is 8. The molecule has 2 atom stereocenters. The molecule has 2 rings (SSSR count). The van der Waals surface area contributed by atoms with Gasteiger partial charge >= 0.3 is 0 Å². The fraction of sp³-hybridized carbons (Fsp3) is 0.667. The van der Waals surface area contributed by atoms with Crippen molar-refractivity contribution < 1.29 is 0 Å². The number of aryl methyl sites for hydroxylation is 1. The van der Waals surface area contributed by atoms with E-state index in [4.69, 9.17) is 0 Å². The molecule has 0 amide bonds. The van der Waals surface area contributed by atoms with E-state index in [0.29, 0.717) is 12.1 Å². The first-order valence-electron chi connectivity index (χ1n) is 8.12. The third-order valence-electron chi connectivity index (χ3n) is 4.47. The Morgan fingerprint density at radius 2 is 1.90 bits per heavy atom. The highest BCUT2D eigenvalue weighted by atomic mass is 15.2. The Morgan fingerprint density at radius 3 is 2.45 bits per heavy atom. The number of hydrogen-bond acceptors (Lipinski definition) is 2. The van der Waals surface area contributed by atoms with E-state index >= 15 is 0 Å². The van der Waals surface area contributed by atoms with Crippen LogP contribution in [0.15, 0.2) is 24.3 Å². The lowest BCUT2D eigenvalue weighted by Crippen LogP contribution is -2.42. The molecule has 2 heteroatoms. The standard InChI is InChI=1S/C18H30N2/c1-5-12-19-18(17-10-6-14(2)7-11-17)15(3)20(4)13-16-8-9-16/h6-7,10-11,15-16,18-19H,5,8-9,12-13H2,1-4H3. The zero-order valence-corrected chi connectivity index (χ0v) is 13.5. The molecule has 1 saturated carbocycles. The third-order valence-corrected chi connectivity index (χ3v) is 4.47. The van der Waals surface area contributed by atoms with Crippen molar-refractivity contribution in [3.8, 4) is 0 Å². The summed E-state index contributed by atoms with van der Waals surface area (Å²) in [5.74, 6) is 0.951. The monoisotopic (exact) mass is 274 g/mol. The number of nitrogens with zero attached hydrogens (tertiary/aromatic N) is 1. The molecule has 0 aromatic heterocycles. The van der Waals surface area contributed by atoms with Crippen molar-refractivity contribution in [1.82, 2.24) is 10.2 Å². The molecule has 0 radical (unpaired) electrons. The molecule has 0 heterocycles. The van der Waals surface area contributed by atoms with E-state index in [1.165, 1.54) is 36.9 Å². The Balaban J connectivity index is 2.06. The molecule has 0 bridgehead atoms.